The Bertz CT molecular complexity index is 904. The summed E-state index contributed by atoms with van der Waals surface area (Å²) in [6.07, 6.45) is 2.09. The van der Waals surface area contributed by atoms with Crippen LogP contribution in [-0.2, 0) is 11.3 Å². The maximum atomic E-state index is 13.3. The number of aromatic nitrogens is 2. The van der Waals surface area contributed by atoms with Gasteiger partial charge in [0, 0.05) is 25.7 Å². The van der Waals surface area contributed by atoms with Gasteiger partial charge >= 0.3 is 11.8 Å². The van der Waals surface area contributed by atoms with E-state index in [0.29, 0.717) is 38.1 Å². The van der Waals surface area contributed by atoms with Crippen molar-refractivity contribution in [2.75, 3.05) is 30.3 Å². The molecule has 0 aliphatic carbocycles. The number of rotatable bonds is 7. The largest absolute Gasteiger partial charge is 0.450 e. The molecule has 1 saturated heterocycles. The van der Waals surface area contributed by atoms with Gasteiger partial charge in [-0.15, -0.1) is 0 Å². The van der Waals surface area contributed by atoms with Gasteiger partial charge in [0.1, 0.15) is 12.1 Å². The number of carbonyl (C=O) groups excluding carboxylic acids is 1. The van der Waals surface area contributed by atoms with Crippen molar-refractivity contribution in [2.24, 2.45) is 0 Å². The number of nitro groups is 1. The van der Waals surface area contributed by atoms with E-state index in [2.05, 4.69) is 20.6 Å². The summed E-state index contributed by atoms with van der Waals surface area (Å²) in [4.78, 5) is 32.6. The fourth-order valence-electron chi connectivity index (χ4n) is 3.23. The van der Waals surface area contributed by atoms with Gasteiger partial charge < -0.3 is 20.3 Å². The van der Waals surface area contributed by atoms with Crippen molar-refractivity contribution in [1.82, 2.24) is 14.9 Å². The van der Waals surface area contributed by atoms with Gasteiger partial charge in [-0.1, -0.05) is 12.1 Å². The van der Waals surface area contributed by atoms with Crippen molar-refractivity contribution in [3.63, 3.8) is 0 Å². The lowest BCUT2D eigenvalue weighted by molar-refractivity contribution is -0.383. The molecule has 0 atom stereocenters. The Morgan fingerprint density at radius 2 is 2.07 bits per heavy atom. The molecule has 2 aromatic rings. The molecule has 1 aromatic heterocycles. The van der Waals surface area contributed by atoms with Crippen LogP contribution in [0, 0.1) is 15.9 Å². The molecule has 10 nitrogen and oxygen atoms in total. The van der Waals surface area contributed by atoms with Crippen molar-refractivity contribution in [3.05, 3.63) is 52.1 Å². The number of amides is 1. The molecular formula is C19H23FN6O4. The molecule has 2 heterocycles. The highest BCUT2D eigenvalue weighted by molar-refractivity contribution is 5.70. The highest BCUT2D eigenvalue weighted by Gasteiger charge is 2.28. The third-order valence-electron chi connectivity index (χ3n) is 4.72. The van der Waals surface area contributed by atoms with Crippen LogP contribution in [0.4, 0.5) is 26.5 Å². The van der Waals surface area contributed by atoms with Crippen molar-refractivity contribution in [2.45, 2.75) is 32.4 Å². The first kappa shape index (κ1) is 21.2. The Balaban J connectivity index is 1.67. The normalized spacial score (nSPS) is 14.3. The van der Waals surface area contributed by atoms with Gasteiger partial charge in [-0.2, -0.15) is 0 Å². The van der Waals surface area contributed by atoms with E-state index < -0.39 is 4.92 Å². The van der Waals surface area contributed by atoms with Crippen LogP contribution in [-0.4, -0.2) is 51.6 Å². The molecule has 0 spiro atoms. The number of nitrogens with zero attached hydrogens (tertiary/aromatic N) is 4. The minimum atomic E-state index is -0.552. The molecule has 1 fully saturated rings. The number of benzene rings is 1. The molecule has 1 aliphatic rings. The molecular weight excluding hydrogens is 395 g/mol. The summed E-state index contributed by atoms with van der Waals surface area (Å²) in [6.45, 7) is 3.21. The fourth-order valence-corrected chi connectivity index (χ4v) is 3.23. The summed E-state index contributed by atoms with van der Waals surface area (Å²) in [7, 11) is 0. The Morgan fingerprint density at radius 1 is 1.33 bits per heavy atom. The number of halogens is 1. The number of carbonyl (C=O) groups is 1. The predicted molar refractivity (Wildman–Crippen MR) is 108 cm³/mol. The van der Waals surface area contributed by atoms with Crippen LogP contribution in [0.15, 0.2) is 30.6 Å². The molecule has 0 unspecified atom stereocenters. The number of hydrogen-bond acceptors (Lipinski definition) is 8. The topological polar surface area (TPSA) is 123 Å². The Labute approximate surface area is 172 Å². The lowest BCUT2D eigenvalue weighted by Gasteiger charge is -2.31. The molecule has 0 bridgehead atoms. The standard InChI is InChI=1S/C19H23FN6O4/c1-2-30-19(27)25-8-6-15(7-9-25)24-18-16(26(28)29)17(22-12-23-18)21-11-13-4-3-5-14(20)10-13/h3-5,10,12,15H,2,6-9,11H2,1H3,(H2,21,22,23,24). The number of ether oxygens (including phenoxy) is 1. The SMILES string of the molecule is CCOC(=O)N1CCC(Nc2ncnc(NCc3cccc(F)c3)c2[N+](=O)[O-])CC1. The molecule has 11 heteroatoms. The summed E-state index contributed by atoms with van der Waals surface area (Å²) >= 11 is 0. The number of piperidine rings is 1. The molecule has 0 saturated carbocycles. The highest BCUT2D eigenvalue weighted by atomic mass is 19.1. The van der Waals surface area contributed by atoms with Crippen LogP contribution >= 0.6 is 0 Å². The van der Waals surface area contributed by atoms with Gasteiger partial charge in [0.15, 0.2) is 0 Å². The summed E-state index contributed by atoms with van der Waals surface area (Å²) in [6, 6.07) is 5.86. The highest BCUT2D eigenvalue weighted by Crippen LogP contribution is 2.30. The minimum Gasteiger partial charge on any atom is -0.450 e. The van der Waals surface area contributed by atoms with E-state index >= 15 is 0 Å². The van der Waals surface area contributed by atoms with Gasteiger partial charge in [-0.05, 0) is 37.5 Å². The molecule has 2 N–H and O–H groups in total. The summed E-state index contributed by atoms with van der Waals surface area (Å²) < 4.78 is 18.3. The maximum absolute atomic E-state index is 13.3. The zero-order chi connectivity index (χ0) is 21.5. The average molecular weight is 418 g/mol. The van der Waals surface area contributed by atoms with Crippen molar-refractivity contribution in [3.8, 4) is 0 Å². The van der Waals surface area contributed by atoms with Crippen LogP contribution in [0.3, 0.4) is 0 Å². The van der Waals surface area contributed by atoms with Gasteiger partial charge in [-0.25, -0.2) is 19.2 Å². The van der Waals surface area contributed by atoms with Gasteiger partial charge in [0.05, 0.1) is 11.5 Å². The van der Waals surface area contributed by atoms with Crippen molar-refractivity contribution >= 4 is 23.4 Å². The van der Waals surface area contributed by atoms with Gasteiger partial charge in [0.2, 0.25) is 11.6 Å². The van der Waals surface area contributed by atoms with E-state index in [9.17, 15) is 19.3 Å². The third kappa shape index (κ3) is 5.31. The average Bonchev–Trinajstić information content (AvgIpc) is 2.73. The molecule has 1 amide bonds. The molecule has 1 aliphatic heterocycles. The van der Waals surface area contributed by atoms with E-state index in [1.807, 2.05) is 0 Å². The quantitative estimate of drug-likeness (QED) is 0.519. The van der Waals surface area contributed by atoms with Crippen LogP contribution in [0.1, 0.15) is 25.3 Å². The van der Waals surface area contributed by atoms with E-state index in [1.54, 1.807) is 24.0 Å². The Hall–Kier alpha value is -3.50. The van der Waals surface area contributed by atoms with Crippen LogP contribution in [0.25, 0.3) is 0 Å². The molecule has 160 valence electrons. The minimum absolute atomic E-state index is 0.0470. The molecule has 30 heavy (non-hydrogen) atoms. The first-order valence-electron chi connectivity index (χ1n) is 9.64. The van der Waals surface area contributed by atoms with E-state index in [-0.39, 0.29) is 41.8 Å². The maximum Gasteiger partial charge on any atom is 0.409 e. The molecule has 1 aromatic carbocycles. The number of nitrogens with one attached hydrogen (secondary N) is 2. The van der Waals surface area contributed by atoms with Crippen LogP contribution in [0.5, 0.6) is 0 Å². The van der Waals surface area contributed by atoms with Crippen LogP contribution in [0.2, 0.25) is 0 Å². The van der Waals surface area contributed by atoms with Crippen molar-refractivity contribution in [1.29, 1.82) is 0 Å². The van der Waals surface area contributed by atoms with Crippen molar-refractivity contribution < 1.29 is 18.8 Å². The van der Waals surface area contributed by atoms with E-state index in [1.165, 1.54) is 18.5 Å². The zero-order valence-corrected chi connectivity index (χ0v) is 16.5. The van der Waals surface area contributed by atoms with E-state index in [4.69, 9.17) is 4.74 Å². The lowest BCUT2D eigenvalue weighted by atomic mass is 10.1. The Kier molecular flexibility index (Phi) is 6.94. The smallest absolute Gasteiger partial charge is 0.409 e. The second kappa shape index (κ2) is 9.81. The zero-order valence-electron chi connectivity index (χ0n) is 16.5. The summed E-state index contributed by atoms with van der Waals surface area (Å²) in [5.74, 6) is -0.236. The molecule has 0 radical (unpaired) electrons. The van der Waals surface area contributed by atoms with Gasteiger partial charge in [-0.3, -0.25) is 10.1 Å². The summed E-state index contributed by atoms with van der Waals surface area (Å²) in [5, 5.41) is 17.7. The first-order valence-corrected chi connectivity index (χ1v) is 9.64. The second-order valence-electron chi connectivity index (χ2n) is 6.76. The van der Waals surface area contributed by atoms with Gasteiger partial charge in [0.25, 0.3) is 0 Å². The number of likely N-dealkylation sites (tertiary alicyclic amines) is 1. The summed E-state index contributed by atoms with van der Waals surface area (Å²) in [5.41, 5.74) is 0.352. The molecule has 3 rings (SSSR count). The second-order valence-corrected chi connectivity index (χ2v) is 6.76. The lowest BCUT2D eigenvalue weighted by Crippen LogP contribution is -2.42. The number of hydrogen-bond donors (Lipinski definition) is 2. The number of anilines is 2. The third-order valence-corrected chi connectivity index (χ3v) is 4.72. The predicted octanol–water partition coefficient (Wildman–Crippen LogP) is 3.17. The fraction of sp³-hybridized carbons (Fsp3) is 0.421. The van der Waals surface area contributed by atoms with Crippen LogP contribution < -0.4 is 10.6 Å². The van der Waals surface area contributed by atoms with E-state index in [0.717, 1.165) is 0 Å². The monoisotopic (exact) mass is 418 g/mol. The Morgan fingerprint density at radius 3 is 2.73 bits per heavy atom. The first-order chi connectivity index (χ1) is 14.5.